The van der Waals surface area contributed by atoms with Crippen LogP contribution in [0.2, 0.25) is 0 Å². The lowest BCUT2D eigenvalue weighted by Gasteiger charge is -2.26. The van der Waals surface area contributed by atoms with Crippen molar-refractivity contribution in [1.29, 1.82) is 0 Å². The second kappa shape index (κ2) is 9.01. The van der Waals surface area contributed by atoms with Gasteiger partial charge in [0.15, 0.2) is 0 Å². The lowest BCUT2D eigenvalue weighted by atomic mass is 9.99. The molecule has 10 nitrogen and oxygen atoms in total. The molecule has 1 aromatic carbocycles. The molecule has 0 amide bonds. The van der Waals surface area contributed by atoms with Gasteiger partial charge in [0.25, 0.3) is 5.69 Å². The predicted molar refractivity (Wildman–Crippen MR) is 112 cm³/mol. The van der Waals surface area contributed by atoms with Gasteiger partial charge in [0.05, 0.1) is 23.4 Å². The summed E-state index contributed by atoms with van der Waals surface area (Å²) in [7, 11) is 7.29. The van der Waals surface area contributed by atoms with Crippen molar-refractivity contribution in [2.45, 2.75) is 5.92 Å². The number of ether oxygens (including phenoxy) is 1. The second-order valence-electron chi connectivity index (χ2n) is 7.31. The number of nitro groups is 1. The normalized spacial score (nSPS) is 13.8. The number of methoxy groups -OCH3 is 1. The first kappa shape index (κ1) is 20.7. The van der Waals surface area contributed by atoms with E-state index < -0.39 is 0 Å². The minimum atomic E-state index is -0.385. The van der Waals surface area contributed by atoms with E-state index in [0.29, 0.717) is 35.5 Å². The smallest absolute Gasteiger partial charge is 0.294 e. The third kappa shape index (κ3) is 4.90. The molecule has 2 aromatic rings. The van der Waals surface area contributed by atoms with Gasteiger partial charge in [0.2, 0.25) is 5.95 Å². The Kier molecular flexibility index (Phi) is 6.45. The molecule has 0 radical (unpaired) electrons. The fourth-order valence-electron chi connectivity index (χ4n) is 3.03. The highest BCUT2D eigenvalue weighted by molar-refractivity contribution is 5.76. The van der Waals surface area contributed by atoms with Gasteiger partial charge < -0.3 is 25.2 Å². The number of likely N-dealkylation sites (N-methyl/N-ethyl adjacent to an activating group) is 2. The van der Waals surface area contributed by atoms with Crippen LogP contribution in [0.25, 0.3) is 0 Å². The Morgan fingerprint density at radius 2 is 2.07 bits per heavy atom. The molecule has 0 atom stereocenters. The standard InChI is InChI=1S/C19H27N7O3/c1-24(2)7-8-25(3)16-10-18(29-4)15(9-17(16)26(27)28)23-19-21-6-5-14(22-19)13-11-20-12-13/h5-6,9-10,13,20H,7-8,11-12H2,1-4H3,(H,21,22,23). The molecule has 10 heteroatoms. The topological polar surface area (TPSA) is 109 Å². The summed E-state index contributed by atoms with van der Waals surface area (Å²) in [4.78, 5) is 24.0. The van der Waals surface area contributed by atoms with Crippen molar-refractivity contribution in [2.75, 3.05) is 64.6 Å². The van der Waals surface area contributed by atoms with Crippen molar-refractivity contribution in [3.05, 3.63) is 40.2 Å². The molecule has 29 heavy (non-hydrogen) atoms. The van der Waals surface area contributed by atoms with Gasteiger partial charge >= 0.3 is 0 Å². The fourth-order valence-corrected chi connectivity index (χ4v) is 3.03. The van der Waals surface area contributed by atoms with Gasteiger partial charge in [0, 0.05) is 57.5 Å². The van der Waals surface area contributed by atoms with E-state index >= 15 is 0 Å². The number of nitrogens with zero attached hydrogens (tertiary/aromatic N) is 5. The van der Waals surface area contributed by atoms with E-state index in [2.05, 4.69) is 20.6 Å². The number of aromatic nitrogens is 2. The Morgan fingerprint density at radius 1 is 1.31 bits per heavy atom. The molecule has 0 aliphatic carbocycles. The summed E-state index contributed by atoms with van der Waals surface area (Å²) in [6.45, 7) is 3.19. The van der Waals surface area contributed by atoms with E-state index in [1.807, 2.05) is 37.0 Å². The molecule has 1 aliphatic rings. The summed E-state index contributed by atoms with van der Waals surface area (Å²) in [6, 6.07) is 5.04. The van der Waals surface area contributed by atoms with Gasteiger partial charge in [-0.15, -0.1) is 0 Å². The van der Waals surface area contributed by atoms with Gasteiger partial charge in [-0.2, -0.15) is 0 Å². The Hall–Kier alpha value is -2.98. The van der Waals surface area contributed by atoms with Crippen molar-refractivity contribution in [3.8, 4) is 5.75 Å². The molecular formula is C19H27N7O3. The van der Waals surface area contributed by atoms with Crippen LogP contribution in [0.3, 0.4) is 0 Å². The van der Waals surface area contributed by atoms with Crippen LogP contribution in [0.15, 0.2) is 24.4 Å². The zero-order chi connectivity index (χ0) is 21.0. The van der Waals surface area contributed by atoms with E-state index in [1.54, 1.807) is 12.3 Å². The van der Waals surface area contributed by atoms with Crippen LogP contribution < -0.4 is 20.3 Å². The number of anilines is 3. The Labute approximate surface area is 170 Å². The third-order valence-electron chi connectivity index (χ3n) is 4.91. The maximum absolute atomic E-state index is 11.7. The minimum absolute atomic E-state index is 0.00564. The monoisotopic (exact) mass is 401 g/mol. The van der Waals surface area contributed by atoms with Crippen LogP contribution in [-0.2, 0) is 0 Å². The van der Waals surface area contributed by atoms with Crippen molar-refractivity contribution in [2.24, 2.45) is 0 Å². The lowest BCUT2D eigenvalue weighted by molar-refractivity contribution is -0.384. The summed E-state index contributed by atoms with van der Waals surface area (Å²) >= 11 is 0. The molecule has 2 heterocycles. The van der Waals surface area contributed by atoms with Gasteiger partial charge in [-0.3, -0.25) is 10.1 Å². The molecule has 1 fully saturated rings. The average Bonchev–Trinajstić information content (AvgIpc) is 2.64. The largest absolute Gasteiger partial charge is 0.494 e. The van der Waals surface area contributed by atoms with Crippen molar-refractivity contribution in [1.82, 2.24) is 20.2 Å². The van der Waals surface area contributed by atoms with Crippen LogP contribution in [0.4, 0.5) is 23.0 Å². The van der Waals surface area contributed by atoms with Crippen LogP contribution >= 0.6 is 0 Å². The first-order valence-corrected chi connectivity index (χ1v) is 9.42. The van der Waals surface area contributed by atoms with E-state index in [1.165, 1.54) is 13.2 Å². The van der Waals surface area contributed by atoms with E-state index in [-0.39, 0.29) is 10.6 Å². The predicted octanol–water partition coefficient (Wildman–Crippen LogP) is 1.82. The number of nitrogens with one attached hydrogen (secondary N) is 2. The van der Waals surface area contributed by atoms with Crippen LogP contribution in [0.1, 0.15) is 11.6 Å². The highest BCUT2D eigenvalue weighted by Crippen LogP contribution is 2.38. The number of nitro benzene ring substituents is 1. The summed E-state index contributed by atoms with van der Waals surface area (Å²) < 4.78 is 5.49. The fraction of sp³-hybridized carbons (Fsp3) is 0.474. The molecule has 156 valence electrons. The van der Waals surface area contributed by atoms with E-state index in [9.17, 15) is 10.1 Å². The quantitative estimate of drug-likeness (QED) is 0.480. The molecule has 1 saturated heterocycles. The minimum Gasteiger partial charge on any atom is -0.494 e. The Morgan fingerprint density at radius 3 is 2.66 bits per heavy atom. The summed E-state index contributed by atoms with van der Waals surface area (Å²) in [5.74, 6) is 1.24. The van der Waals surface area contributed by atoms with Crippen molar-refractivity contribution >= 4 is 23.0 Å². The molecule has 1 aromatic heterocycles. The van der Waals surface area contributed by atoms with Gasteiger partial charge in [-0.25, -0.2) is 9.97 Å². The molecule has 0 spiro atoms. The zero-order valence-electron chi connectivity index (χ0n) is 17.2. The summed E-state index contributed by atoms with van der Waals surface area (Å²) in [5.41, 5.74) is 1.88. The van der Waals surface area contributed by atoms with E-state index in [4.69, 9.17) is 4.74 Å². The van der Waals surface area contributed by atoms with Gasteiger partial charge in [0.1, 0.15) is 11.4 Å². The first-order valence-electron chi connectivity index (χ1n) is 9.42. The Balaban J connectivity index is 1.90. The molecule has 0 saturated carbocycles. The number of rotatable bonds is 9. The van der Waals surface area contributed by atoms with Crippen molar-refractivity contribution < 1.29 is 9.66 Å². The van der Waals surface area contributed by atoms with Crippen LogP contribution in [-0.4, -0.2) is 74.2 Å². The lowest BCUT2D eigenvalue weighted by Crippen LogP contribution is -2.40. The third-order valence-corrected chi connectivity index (χ3v) is 4.91. The average molecular weight is 401 g/mol. The number of hydrogen-bond acceptors (Lipinski definition) is 9. The van der Waals surface area contributed by atoms with Crippen molar-refractivity contribution in [3.63, 3.8) is 0 Å². The highest BCUT2D eigenvalue weighted by atomic mass is 16.6. The SMILES string of the molecule is COc1cc(N(C)CCN(C)C)c([N+](=O)[O-])cc1Nc1nccc(C2CNC2)n1. The molecule has 3 rings (SSSR count). The first-order chi connectivity index (χ1) is 13.9. The second-order valence-corrected chi connectivity index (χ2v) is 7.31. The highest BCUT2D eigenvalue weighted by Gasteiger charge is 2.23. The molecule has 0 unspecified atom stereocenters. The number of hydrogen-bond donors (Lipinski definition) is 2. The maximum atomic E-state index is 11.7. The van der Waals surface area contributed by atoms with Gasteiger partial charge in [-0.05, 0) is 20.2 Å². The maximum Gasteiger partial charge on any atom is 0.294 e. The molecular weight excluding hydrogens is 374 g/mol. The zero-order valence-corrected chi connectivity index (χ0v) is 17.2. The van der Waals surface area contributed by atoms with E-state index in [0.717, 1.165) is 25.3 Å². The number of benzene rings is 1. The van der Waals surface area contributed by atoms with Crippen LogP contribution in [0, 0.1) is 10.1 Å². The summed E-state index contributed by atoms with van der Waals surface area (Å²) in [5, 5.41) is 18.0. The van der Waals surface area contributed by atoms with Crippen LogP contribution in [0.5, 0.6) is 5.75 Å². The summed E-state index contributed by atoms with van der Waals surface area (Å²) in [6.07, 6.45) is 1.69. The van der Waals surface area contributed by atoms with Gasteiger partial charge in [-0.1, -0.05) is 0 Å². The molecule has 1 aliphatic heterocycles. The molecule has 2 N–H and O–H groups in total. The Bertz CT molecular complexity index is 871. The molecule has 0 bridgehead atoms.